The molecule has 0 saturated carbocycles. The van der Waals surface area contributed by atoms with Crippen LogP contribution in [0.3, 0.4) is 0 Å². The minimum absolute atomic E-state index is 0. The quantitative estimate of drug-likeness (QED) is 0.358. The normalized spacial score (nSPS) is 9.72. The molecule has 1 rings (SSSR count). The fourth-order valence-corrected chi connectivity index (χ4v) is 0.722. The van der Waals surface area contributed by atoms with Gasteiger partial charge in [0.15, 0.2) is 0 Å². The minimum Gasteiger partial charge on any atom is -0.867 e. The average Bonchev–Trinajstić information content (AvgIpc) is 2.10. The third kappa shape index (κ3) is 7.88. The van der Waals surface area contributed by atoms with Gasteiger partial charge in [0.1, 0.15) is 11.5 Å². The summed E-state index contributed by atoms with van der Waals surface area (Å²) in [6, 6.07) is 1.56. The Labute approximate surface area is 110 Å². The molecule has 1 aromatic carbocycles. The number of carboxylic acid groups (broad SMARTS) is 1. The van der Waals surface area contributed by atoms with Crippen LogP contribution in [0.25, 0.3) is 0 Å². The van der Waals surface area contributed by atoms with E-state index in [2.05, 4.69) is 0 Å². The molecule has 0 fully saturated rings. The summed E-state index contributed by atoms with van der Waals surface area (Å²) in [6.07, 6.45) is 0. The standard InChI is InChI=1S/C7H6O5.Ni.H3O4P/c8-4-1-3(7(11)12)2-5(9)6(4)10;;1-5(2,3)4/h1-2,8-10H,(H,11,12);;(H3,1,2,3,4)/p-4. The summed E-state index contributed by atoms with van der Waals surface area (Å²) in [4.78, 5) is 35.9. The number of aromatic hydroxyl groups is 2. The number of aromatic carboxylic acids is 1. The van der Waals surface area contributed by atoms with Crippen molar-refractivity contribution in [3.05, 3.63) is 17.7 Å². The van der Waals surface area contributed by atoms with E-state index in [1.54, 1.807) is 0 Å². The maximum atomic E-state index is 10.7. The molecule has 0 heterocycles. The summed E-state index contributed by atoms with van der Waals surface area (Å²) in [7, 11) is -5.39. The topological polar surface area (TPSA) is 187 Å². The number of phenols is 2. The maximum Gasteiger partial charge on any atom is 0.335 e. The van der Waals surface area contributed by atoms with Crippen molar-refractivity contribution in [3.8, 4) is 17.2 Å². The smallest absolute Gasteiger partial charge is 0.335 e. The van der Waals surface area contributed by atoms with E-state index in [9.17, 15) is 9.90 Å². The maximum absolute atomic E-state index is 10.7. The molecule has 106 valence electrons. The number of rotatable bonds is 1. The predicted octanol–water partition coefficient (Wildman–Crippen LogP) is -2.96. The summed E-state index contributed by atoms with van der Waals surface area (Å²) in [5.74, 6) is -3.83. The summed E-state index contributed by atoms with van der Waals surface area (Å²) in [5.41, 5.74) is -0.329. The first-order chi connectivity index (χ1) is 7.52. The Bertz CT molecular complexity index is 437. The molecule has 9 nitrogen and oxygen atoms in total. The van der Waals surface area contributed by atoms with E-state index in [0.29, 0.717) is 0 Å². The second-order valence-corrected chi connectivity index (χ2v) is 3.49. The van der Waals surface area contributed by atoms with Gasteiger partial charge in [-0.15, -0.1) is 0 Å². The molecule has 3 N–H and O–H groups in total. The molecule has 0 radical (unpaired) electrons. The van der Waals surface area contributed by atoms with E-state index in [4.69, 9.17) is 34.6 Å². The van der Waals surface area contributed by atoms with Crippen LogP contribution in [0.1, 0.15) is 10.4 Å². The molecule has 18 heavy (non-hydrogen) atoms. The fraction of sp³-hybridized carbons (Fsp3) is 0. The van der Waals surface area contributed by atoms with E-state index in [1.807, 2.05) is 0 Å². The predicted molar refractivity (Wildman–Crippen MR) is 43.8 cm³/mol. The molecule has 0 saturated heterocycles. The zero-order valence-corrected chi connectivity index (χ0v) is 10.1. The van der Waals surface area contributed by atoms with Gasteiger partial charge in [0.05, 0.1) is 5.56 Å². The third-order valence-electron chi connectivity index (χ3n) is 1.30. The second-order valence-electron chi connectivity index (χ2n) is 2.60. The summed E-state index contributed by atoms with van der Waals surface area (Å²) in [5, 5.41) is 36.6. The van der Waals surface area contributed by atoms with Gasteiger partial charge < -0.3 is 39.7 Å². The third-order valence-corrected chi connectivity index (χ3v) is 1.30. The first kappa shape index (κ1) is 19.0. The van der Waals surface area contributed by atoms with Crippen molar-refractivity contribution < 1.29 is 61.0 Å². The van der Waals surface area contributed by atoms with Gasteiger partial charge in [0.2, 0.25) is 0 Å². The van der Waals surface area contributed by atoms with Crippen molar-refractivity contribution in [1.82, 2.24) is 0 Å². The molecule has 0 atom stereocenters. The van der Waals surface area contributed by atoms with Gasteiger partial charge in [-0.1, -0.05) is 0 Å². The molecule has 0 aliphatic rings. The number of phosphoric acid groups is 1. The van der Waals surface area contributed by atoms with Crippen LogP contribution in [0.2, 0.25) is 0 Å². The Kier molecular flexibility index (Phi) is 7.62. The molecule has 0 bridgehead atoms. The van der Waals surface area contributed by atoms with Crippen LogP contribution in [0.15, 0.2) is 12.1 Å². The molecule has 0 aromatic heterocycles. The van der Waals surface area contributed by atoms with E-state index in [-0.39, 0.29) is 22.1 Å². The van der Waals surface area contributed by atoms with E-state index in [1.165, 1.54) is 0 Å². The first-order valence-corrected chi connectivity index (χ1v) is 5.17. The van der Waals surface area contributed by atoms with Crippen LogP contribution in [0, 0.1) is 0 Å². The number of carboxylic acids is 1. The number of hydrogen-bond donors (Lipinski definition) is 3. The number of carbonyl (C=O) groups is 1. The molecule has 0 spiro atoms. The minimum atomic E-state index is -5.39. The molecule has 0 unspecified atom stereocenters. The Balaban J connectivity index is 0. The Morgan fingerprint density at radius 1 is 1.11 bits per heavy atom. The largest absolute Gasteiger partial charge is 0.867 e. The number of phenolic OH excluding ortho intramolecular Hbond substituents is 2. The van der Waals surface area contributed by atoms with Crippen LogP contribution >= 0.6 is 7.82 Å². The zero-order chi connectivity index (χ0) is 13.8. The van der Waals surface area contributed by atoms with Crippen molar-refractivity contribution in [1.29, 1.82) is 0 Å². The van der Waals surface area contributed by atoms with Crippen molar-refractivity contribution in [2.75, 3.05) is 0 Å². The molecule has 0 amide bonds. The van der Waals surface area contributed by atoms with Crippen molar-refractivity contribution in [2.45, 2.75) is 0 Å². The second kappa shape index (κ2) is 7.20. The van der Waals surface area contributed by atoms with Gasteiger partial charge in [-0.3, -0.25) is 0 Å². The van der Waals surface area contributed by atoms with Gasteiger partial charge in [-0.05, 0) is 17.9 Å². The SMILES string of the molecule is O=C(O)c1cc(O)c([O-])c(O)c1.O=P([O-])([O-])[O-].[Ni]. The van der Waals surface area contributed by atoms with Crippen molar-refractivity contribution in [3.63, 3.8) is 0 Å². The van der Waals surface area contributed by atoms with Crippen LogP contribution in [0.4, 0.5) is 0 Å². The number of benzene rings is 1. The van der Waals surface area contributed by atoms with Gasteiger partial charge in [0.25, 0.3) is 0 Å². The van der Waals surface area contributed by atoms with Gasteiger partial charge in [0, 0.05) is 16.5 Å². The Morgan fingerprint density at radius 3 is 1.61 bits per heavy atom. The monoisotopic (exact) mass is 322 g/mol. The van der Waals surface area contributed by atoms with Crippen LogP contribution < -0.4 is 19.8 Å². The molecule has 0 aliphatic carbocycles. The van der Waals surface area contributed by atoms with Crippen LogP contribution in [-0.4, -0.2) is 21.3 Å². The van der Waals surface area contributed by atoms with E-state index >= 15 is 0 Å². The zero-order valence-electron chi connectivity index (χ0n) is 8.21. The molecular formula is C7H5NiO9P-4. The van der Waals surface area contributed by atoms with Gasteiger partial charge in [-0.2, -0.15) is 7.82 Å². The van der Waals surface area contributed by atoms with Crippen LogP contribution in [-0.2, 0) is 21.1 Å². The Morgan fingerprint density at radius 2 is 1.39 bits per heavy atom. The fourth-order valence-electron chi connectivity index (χ4n) is 0.722. The molecular weight excluding hydrogens is 318 g/mol. The van der Waals surface area contributed by atoms with E-state index < -0.39 is 31.0 Å². The molecule has 11 heteroatoms. The first-order valence-electron chi connectivity index (χ1n) is 3.71. The summed E-state index contributed by atoms with van der Waals surface area (Å²) >= 11 is 0. The van der Waals surface area contributed by atoms with Gasteiger partial charge >= 0.3 is 5.97 Å². The molecule has 1 aromatic rings. The number of hydrogen-bond acceptors (Lipinski definition) is 8. The van der Waals surface area contributed by atoms with E-state index in [0.717, 1.165) is 12.1 Å². The average molecular weight is 323 g/mol. The molecule has 0 aliphatic heterocycles. The van der Waals surface area contributed by atoms with Crippen molar-refractivity contribution >= 4 is 13.8 Å². The van der Waals surface area contributed by atoms with Crippen LogP contribution in [0.5, 0.6) is 17.2 Å². The van der Waals surface area contributed by atoms with Crippen molar-refractivity contribution in [2.24, 2.45) is 0 Å². The summed E-state index contributed by atoms with van der Waals surface area (Å²) < 4.78 is 8.55. The van der Waals surface area contributed by atoms with Gasteiger partial charge in [-0.25, -0.2) is 4.79 Å². The summed E-state index contributed by atoms with van der Waals surface area (Å²) in [6.45, 7) is 0. The Hall–Kier alpha value is -1.31.